The van der Waals surface area contributed by atoms with Crippen molar-refractivity contribution >= 4 is 11.5 Å². The highest BCUT2D eigenvalue weighted by molar-refractivity contribution is 6.15. The Kier molecular flexibility index (Phi) is 4.14. The fourth-order valence-corrected chi connectivity index (χ4v) is 2.85. The maximum Gasteiger partial charge on any atom is 0.250 e. The van der Waals surface area contributed by atoms with E-state index in [4.69, 9.17) is 9.73 Å². The second-order valence-corrected chi connectivity index (χ2v) is 6.94. The number of methoxy groups -OCH3 is 1. The van der Waals surface area contributed by atoms with E-state index in [0.717, 1.165) is 21.9 Å². The Hall–Kier alpha value is -2.62. The molecule has 0 aromatic heterocycles. The number of para-hydroxylation sites is 1. The maximum atomic E-state index is 12.9. The number of hydrogen-bond donors (Lipinski definition) is 1. The summed E-state index contributed by atoms with van der Waals surface area (Å²) in [5.41, 5.74) is 1.38. The Labute approximate surface area is 141 Å². The summed E-state index contributed by atoms with van der Waals surface area (Å²) in [7, 11) is 1.64. The Balaban J connectivity index is 2.09. The Bertz CT molecular complexity index is 877. The molecule has 124 valence electrons. The van der Waals surface area contributed by atoms with Crippen LogP contribution in [0.5, 0.6) is 5.75 Å². The molecule has 0 saturated carbocycles. The van der Waals surface area contributed by atoms with Crippen molar-refractivity contribution in [2.45, 2.75) is 32.4 Å². The third kappa shape index (κ3) is 3.18. The number of nitrogens with one attached hydrogen (secondary N) is 1. The number of nitrogens with zero attached hydrogens (tertiary/aromatic N) is 1. The van der Waals surface area contributed by atoms with Gasteiger partial charge in [0.25, 0.3) is 5.91 Å². The molecule has 1 heterocycles. The fourth-order valence-electron chi connectivity index (χ4n) is 2.85. The average molecular weight is 322 g/mol. The van der Waals surface area contributed by atoms with Crippen molar-refractivity contribution < 1.29 is 9.53 Å². The number of rotatable bonds is 3. The highest BCUT2D eigenvalue weighted by Crippen LogP contribution is 2.29. The summed E-state index contributed by atoms with van der Waals surface area (Å²) in [5, 5.41) is 4.83. The highest BCUT2D eigenvalue weighted by Gasteiger charge is 2.29. The quantitative estimate of drug-likeness (QED) is 0.941. The van der Waals surface area contributed by atoms with Gasteiger partial charge in [-0.1, -0.05) is 30.3 Å². The van der Waals surface area contributed by atoms with Crippen LogP contribution in [0.25, 0.3) is 5.57 Å². The molecule has 24 heavy (non-hydrogen) atoms. The number of carbonyl (C=O) groups is 1. The molecular formula is C20H22N2O2. The standard InChI is InChI=1S/C20H22N2O2/c1-20(2,3)22-19(23)17-15-7-5-6-8-16(15)21-18(17)13-9-11-14(24-4)12-10-13/h5-12,18H,1-4H3,(H,22,23). The summed E-state index contributed by atoms with van der Waals surface area (Å²) >= 11 is 0. The van der Waals surface area contributed by atoms with E-state index in [-0.39, 0.29) is 17.5 Å². The van der Waals surface area contributed by atoms with E-state index in [1.54, 1.807) is 7.11 Å². The minimum atomic E-state index is -0.300. The summed E-state index contributed by atoms with van der Waals surface area (Å²) in [6, 6.07) is 15.2. The normalized spacial score (nSPS) is 16.3. The number of ether oxygens (including phenoxy) is 1. The van der Waals surface area contributed by atoms with E-state index in [1.807, 2.05) is 69.3 Å². The minimum absolute atomic E-state index is 0.0722. The van der Waals surface area contributed by atoms with Crippen LogP contribution in [0.1, 0.15) is 32.4 Å². The van der Waals surface area contributed by atoms with Gasteiger partial charge in [0.05, 0.1) is 18.0 Å². The molecule has 1 unspecified atom stereocenters. The van der Waals surface area contributed by atoms with E-state index in [2.05, 4.69) is 5.32 Å². The Morgan fingerprint density at radius 3 is 2.38 bits per heavy atom. The molecule has 2 aromatic rings. The minimum Gasteiger partial charge on any atom is -0.497 e. The summed E-state index contributed by atoms with van der Waals surface area (Å²) in [6.45, 7) is 5.93. The second kappa shape index (κ2) is 6.11. The lowest BCUT2D eigenvalue weighted by atomic mass is 9.97. The van der Waals surface area contributed by atoms with Crippen molar-refractivity contribution in [1.82, 2.24) is 5.32 Å². The van der Waals surface area contributed by atoms with Crippen LogP contribution in [0, 0.1) is 0 Å². The lowest BCUT2D eigenvalue weighted by Gasteiger charge is -2.23. The van der Waals surface area contributed by atoms with Gasteiger partial charge in [-0.15, -0.1) is 0 Å². The smallest absolute Gasteiger partial charge is 0.250 e. The zero-order valence-corrected chi connectivity index (χ0v) is 14.5. The van der Waals surface area contributed by atoms with Gasteiger partial charge in [-0.05, 0) is 44.5 Å². The Morgan fingerprint density at radius 1 is 1.08 bits per heavy atom. The molecular weight excluding hydrogens is 300 g/mol. The van der Waals surface area contributed by atoms with Gasteiger partial charge in [0.1, 0.15) is 11.8 Å². The molecule has 1 aliphatic heterocycles. The molecule has 2 aromatic carbocycles. The zero-order chi connectivity index (χ0) is 17.3. The first kappa shape index (κ1) is 16.2. The molecule has 0 fully saturated rings. The van der Waals surface area contributed by atoms with Gasteiger partial charge >= 0.3 is 0 Å². The van der Waals surface area contributed by atoms with Crippen molar-refractivity contribution in [3.05, 3.63) is 64.7 Å². The first-order valence-corrected chi connectivity index (χ1v) is 8.02. The third-order valence-corrected chi connectivity index (χ3v) is 3.90. The molecule has 4 nitrogen and oxygen atoms in total. The molecule has 0 bridgehead atoms. The largest absolute Gasteiger partial charge is 0.497 e. The molecule has 1 aliphatic rings. The van der Waals surface area contributed by atoms with Crippen molar-refractivity contribution in [2.24, 2.45) is 4.99 Å². The first-order valence-electron chi connectivity index (χ1n) is 8.02. The number of amides is 1. The van der Waals surface area contributed by atoms with Crippen LogP contribution < -0.4 is 20.6 Å². The fraction of sp³-hybridized carbons (Fsp3) is 0.300. The van der Waals surface area contributed by atoms with E-state index in [0.29, 0.717) is 5.57 Å². The maximum absolute atomic E-state index is 12.9. The predicted molar refractivity (Wildman–Crippen MR) is 94.3 cm³/mol. The summed E-state index contributed by atoms with van der Waals surface area (Å²) in [6.07, 6.45) is 0. The van der Waals surface area contributed by atoms with Crippen LogP contribution in [0.15, 0.2) is 53.5 Å². The predicted octanol–water partition coefficient (Wildman–Crippen LogP) is 2.14. The SMILES string of the molecule is COc1ccc(C2N=c3ccccc3=C2C(=O)NC(C)(C)C)cc1. The Morgan fingerprint density at radius 2 is 1.75 bits per heavy atom. The first-order chi connectivity index (χ1) is 11.4. The molecule has 1 N–H and O–H groups in total. The summed E-state index contributed by atoms with van der Waals surface area (Å²) in [4.78, 5) is 17.7. The van der Waals surface area contributed by atoms with Crippen molar-refractivity contribution in [1.29, 1.82) is 0 Å². The van der Waals surface area contributed by atoms with Crippen LogP contribution in [-0.2, 0) is 4.79 Å². The van der Waals surface area contributed by atoms with Crippen molar-refractivity contribution in [3.8, 4) is 5.75 Å². The lowest BCUT2D eigenvalue weighted by molar-refractivity contribution is -0.117. The van der Waals surface area contributed by atoms with Crippen LogP contribution in [-0.4, -0.2) is 18.6 Å². The van der Waals surface area contributed by atoms with Gasteiger partial charge < -0.3 is 10.1 Å². The van der Waals surface area contributed by atoms with E-state index in [9.17, 15) is 4.79 Å². The van der Waals surface area contributed by atoms with Gasteiger partial charge in [-0.2, -0.15) is 0 Å². The molecule has 1 amide bonds. The molecule has 1 atom stereocenters. The van der Waals surface area contributed by atoms with E-state index in [1.165, 1.54) is 0 Å². The second-order valence-electron chi connectivity index (χ2n) is 6.94. The molecule has 0 aliphatic carbocycles. The van der Waals surface area contributed by atoms with Crippen LogP contribution in [0.3, 0.4) is 0 Å². The van der Waals surface area contributed by atoms with Crippen molar-refractivity contribution in [2.75, 3.05) is 7.11 Å². The van der Waals surface area contributed by atoms with Gasteiger partial charge in [0, 0.05) is 10.8 Å². The number of fused-ring (bicyclic) bond motifs is 1. The summed E-state index contributed by atoms with van der Waals surface area (Å²) in [5.74, 6) is 0.715. The average Bonchev–Trinajstić information content (AvgIpc) is 2.93. The monoisotopic (exact) mass is 322 g/mol. The third-order valence-electron chi connectivity index (χ3n) is 3.90. The van der Waals surface area contributed by atoms with Gasteiger partial charge in [0.2, 0.25) is 0 Å². The van der Waals surface area contributed by atoms with E-state index < -0.39 is 0 Å². The summed E-state index contributed by atoms with van der Waals surface area (Å²) < 4.78 is 5.22. The van der Waals surface area contributed by atoms with Crippen molar-refractivity contribution in [3.63, 3.8) is 0 Å². The number of hydrogen-bond acceptors (Lipinski definition) is 3. The molecule has 0 radical (unpaired) electrons. The number of benzene rings is 2. The van der Waals surface area contributed by atoms with Crippen LogP contribution in [0.4, 0.5) is 0 Å². The molecule has 3 rings (SSSR count). The van der Waals surface area contributed by atoms with Gasteiger partial charge in [-0.25, -0.2) is 0 Å². The number of carbonyl (C=O) groups excluding carboxylic acids is 1. The van der Waals surface area contributed by atoms with Crippen LogP contribution in [0.2, 0.25) is 0 Å². The topological polar surface area (TPSA) is 50.7 Å². The highest BCUT2D eigenvalue weighted by atomic mass is 16.5. The van der Waals surface area contributed by atoms with Crippen LogP contribution >= 0.6 is 0 Å². The molecule has 0 saturated heterocycles. The lowest BCUT2D eigenvalue weighted by Crippen LogP contribution is -2.43. The molecule has 0 spiro atoms. The van der Waals surface area contributed by atoms with E-state index >= 15 is 0 Å². The van der Waals surface area contributed by atoms with Gasteiger partial charge in [-0.3, -0.25) is 9.79 Å². The zero-order valence-electron chi connectivity index (χ0n) is 14.5. The van der Waals surface area contributed by atoms with Gasteiger partial charge in [0.15, 0.2) is 0 Å². The molecule has 4 heteroatoms.